The van der Waals surface area contributed by atoms with Crippen molar-refractivity contribution in [2.24, 2.45) is 0 Å². The van der Waals surface area contributed by atoms with Crippen LogP contribution in [-0.2, 0) is 4.79 Å². The number of carbonyl (C=O) groups is 1. The molecule has 0 N–H and O–H groups in total. The normalized spacial score (nSPS) is 9.58. The highest BCUT2D eigenvalue weighted by atomic mass is 35.5. The van der Waals surface area contributed by atoms with E-state index in [0.717, 1.165) is 25.9 Å². The second kappa shape index (κ2) is 6.06. The summed E-state index contributed by atoms with van der Waals surface area (Å²) in [6.45, 7) is 9.01. The number of carbonyl (C=O) groups excluding carboxylic acids is 1. The lowest BCUT2D eigenvalue weighted by Crippen LogP contribution is -2.32. The number of rotatable bonds is 5. The minimum absolute atomic E-state index is 0.108. The fourth-order valence-corrected chi connectivity index (χ4v) is 1.15. The second-order valence-corrected chi connectivity index (χ2v) is 3.15. The number of nitrogens with zero attached hydrogens (tertiary/aromatic N) is 1. The van der Waals surface area contributed by atoms with Gasteiger partial charge in [0.15, 0.2) is 0 Å². The second-order valence-electron chi connectivity index (χ2n) is 2.70. The Bertz CT molecular complexity index is 162. The van der Waals surface area contributed by atoms with Crippen molar-refractivity contribution >= 4 is 17.5 Å². The lowest BCUT2D eigenvalue weighted by molar-refractivity contribution is -0.126. The number of amides is 1. The van der Waals surface area contributed by atoms with E-state index in [0.29, 0.717) is 0 Å². The largest absolute Gasteiger partial charge is 0.338 e. The van der Waals surface area contributed by atoms with E-state index >= 15 is 0 Å². The van der Waals surface area contributed by atoms with Crippen LogP contribution in [0.3, 0.4) is 0 Å². The highest BCUT2D eigenvalue weighted by Crippen LogP contribution is 2.05. The summed E-state index contributed by atoms with van der Waals surface area (Å²) in [7, 11) is 0. The number of hydrogen-bond donors (Lipinski definition) is 0. The smallest absolute Gasteiger partial charge is 0.264 e. The summed E-state index contributed by atoms with van der Waals surface area (Å²) in [6, 6.07) is 0. The zero-order valence-electron chi connectivity index (χ0n) is 7.77. The van der Waals surface area contributed by atoms with E-state index in [4.69, 9.17) is 11.6 Å². The maximum absolute atomic E-state index is 11.3. The lowest BCUT2D eigenvalue weighted by atomic mass is 10.3. The van der Waals surface area contributed by atoms with Crippen LogP contribution in [0.4, 0.5) is 0 Å². The summed E-state index contributed by atoms with van der Waals surface area (Å²) >= 11 is 5.51. The Morgan fingerprint density at radius 3 is 2.00 bits per heavy atom. The van der Waals surface area contributed by atoms with E-state index in [-0.39, 0.29) is 10.9 Å². The molecule has 0 aromatic heterocycles. The average molecular weight is 190 g/mol. The van der Waals surface area contributed by atoms with Crippen molar-refractivity contribution in [2.45, 2.75) is 26.7 Å². The van der Waals surface area contributed by atoms with Gasteiger partial charge in [-0.25, -0.2) is 0 Å². The molecule has 0 aliphatic carbocycles. The first kappa shape index (κ1) is 11.5. The van der Waals surface area contributed by atoms with Crippen molar-refractivity contribution in [3.8, 4) is 0 Å². The van der Waals surface area contributed by atoms with Crippen LogP contribution >= 0.6 is 11.6 Å². The van der Waals surface area contributed by atoms with Crippen LogP contribution in [0.15, 0.2) is 11.6 Å². The Balaban J connectivity index is 4.08. The quantitative estimate of drug-likeness (QED) is 0.609. The van der Waals surface area contributed by atoms with E-state index in [2.05, 4.69) is 6.58 Å². The Morgan fingerprint density at radius 2 is 1.75 bits per heavy atom. The molecular formula is C9H16ClNO. The van der Waals surface area contributed by atoms with Crippen molar-refractivity contribution in [1.82, 2.24) is 4.90 Å². The lowest BCUT2D eigenvalue weighted by Gasteiger charge is -2.20. The molecule has 0 saturated heterocycles. The van der Waals surface area contributed by atoms with E-state index in [9.17, 15) is 4.79 Å². The van der Waals surface area contributed by atoms with Crippen LogP contribution in [0.5, 0.6) is 0 Å². The van der Waals surface area contributed by atoms with Gasteiger partial charge in [-0.3, -0.25) is 4.79 Å². The molecule has 0 aromatic carbocycles. The number of hydrogen-bond acceptors (Lipinski definition) is 1. The van der Waals surface area contributed by atoms with Gasteiger partial charge in [0, 0.05) is 13.1 Å². The van der Waals surface area contributed by atoms with Gasteiger partial charge in [-0.1, -0.05) is 32.0 Å². The SMILES string of the molecule is C=C(Cl)C(=O)N(CCC)CCC. The predicted octanol–water partition coefficient (Wildman–Crippen LogP) is 2.39. The van der Waals surface area contributed by atoms with E-state index in [1.165, 1.54) is 0 Å². The maximum atomic E-state index is 11.3. The molecule has 0 aliphatic heterocycles. The van der Waals surface area contributed by atoms with E-state index < -0.39 is 0 Å². The molecule has 0 heterocycles. The van der Waals surface area contributed by atoms with Gasteiger partial charge in [-0.05, 0) is 12.8 Å². The van der Waals surface area contributed by atoms with Crippen LogP contribution in [0.2, 0.25) is 0 Å². The molecular weight excluding hydrogens is 174 g/mol. The van der Waals surface area contributed by atoms with Gasteiger partial charge in [-0.15, -0.1) is 0 Å². The first-order valence-corrected chi connectivity index (χ1v) is 4.64. The van der Waals surface area contributed by atoms with Gasteiger partial charge >= 0.3 is 0 Å². The van der Waals surface area contributed by atoms with Crippen molar-refractivity contribution in [3.05, 3.63) is 11.6 Å². The van der Waals surface area contributed by atoms with E-state index in [1.54, 1.807) is 4.90 Å². The third kappa shape index (κ3) is 3.77. The molecule has 0 aromatic rings. The van der Waals surface area contributed by atoms with Gasteiger partial charge in [0.25, 0.3) is 5.91 Å². The van der Waals surface area contributed by atoms with Crippen LogP contribution < -0.4 is 0 Å². The monoisotopic (exact) mass is 189 g/mol. The van der Waals surface area contributed by atoms with Gasteiger partial charge in [0.1, 0.15) is 0 Å². The summed E-state index contributed by atoms with van der Waals surface area (Å²) in [5, 5.41) is 0.108. The molecule has 1 amide bonds. The molecule has 3 heteroatoms. The molecule has 0 unspecified atom stereocenters. The zero-order chi connectivity index (χ0) is 9.56. The Kier molecular flexibility index (Phi) is 5.81. The third-order valence-corrected chi connectivity index (χ3v) is 1.67. The van der Waals surface area contributed by atoms with Crippen LogP contribution in [0, 0.1) is 0 Å². The van der Waals surface area contributed by atoms with Gasteiger partial charge in [0.05, 0.1) is 5.03 Å². The summed E-state index contributed by atoms with van der Waals surface area (Å²) < 4.78 is 0. The zero-order valence-corrected chi connectivity index (χ0v) is 8.52. The van der Waals surface area contributed by atoms with E-state index in [1.807, 2.05) is 13.8 Å². The first-order valence-electron chi connectivity index (χ1n) is 4.27. The van der Waals surface area contributed by atoms with Crippen molar-refractivity contribution in [3.63, 3.8) is 0 Å². The highest BCUT2D eigenvalue weighted by Gasteiger charge is 2.12. The standard InChI is InChI=1S/C9H16ClNO/c1-4-6-11(7-5-2)9(12)8(3)10/h3-7H2,1-2H3. The molecule has 0 saturated carbocycles. The van der Waals surface area contributed by atoms with Gasteiger partial charge in [0.2, 0.25) is 0 Å². The fourth-order valence-electron chi connectivity index (χ4n) is 1.03. The molecule has 70 valence electrons. The molecule has 0 aliphatic rings. The average Bonchev–Trinajstić information content (AvgIpc) is 2.03. The molecule has 0 bridgehead atoms. The first-order chi connectivity index (χ1) is 5.63. The molecule has 2 nitrogen and oxygen atoms in total. The molecule has 0 fully saturated rings. The van der Waals surface area contributed by atoms with Crippen LogP contribution in [0.1, 0.15) is 26.7 Å². The minimum Gasteiger partial charge on any atom is -0.338 e. The summed E-state index contributed by atoms with van der Waals surface area (Å²) in [6.07, 6.45) is 1.91. The summed E-state index contributed by atoms with van der Waals surface area (Å²) in [5.74, 6) is -0.139. The molecule has 0 rings (SSSR count). The fraction of sp³-hybridized carbons (Fsp3) is 0.667. The molecule has 0 spiro atoms. The topological polar surface area (TPSA) is 20.3 Å². The summed E-state index contributed by atoms with van der Waals surface area (Å²) in [5.41, 5.74) is 0. The Hall–Kier alpha value is -0.500. The van der Waals surface area contributed by atoms with Gasteiger partial charge in [-0.2, -0.15) is 0 Å². The van der Waals surface area contributed by atoms with Gasteiger partial charge < -0.3 is 4.90 Å². The Labute approximate surface area is 79.2 Å². The Morgan fingerprint density at radius 1 is 1.33 bits per heavy atom. The third-order valence-electron chi connectivity index (χ3n) is 1.51. The van der Waals surface area contributed by atoms with Crippen LogP contribution in [0.25, 0.3) is 0 Å². The number of halogens is 1. The van der Waals surface area contributed by atoms with Crippen molar-refractivity contribution in [1.29, 1.82) is 0 Å². The highest BCUT2D eigenvalue weighted by molar-refractivity contribution is 6.41. The minimum atomic E-state index is -0.139. The van der Waals surface area contributed by atoms with Crippen LogP contribution in [-0.4, -0.2) is 23.9 Å². The predicted molar refractivity (Wildman–Crippen MR) is 52.2 cm³/mol. The maximum Gasteiger partial charge on any atom is 0.264 e. The summed E-state index contributed by atoms with van der Waals surface area (Å²) in [4.78, 5) is 13.0. The van der Waals surface area contributed by atoms with Crippen molar-refractivity contribution < 1.29 is 4.79 Å². The molecule has 12 heavy (non-hydrogen) atoms. The molecule has 0 atom stereocenters. The molecule has 0 radical (unpaired) electrons. The van der Waals surface area contributed by atoms with Crippen molar-refractivity contribution in [2.75, 3.05) is 13.1 Å².